The second kappa shape index (κ2) is 5.77. The van der Waals surface area contributed by atoms with Crippen LogP contribution in [0.4, 0.5) is 10.1 Å². The number of hydrogen-bond donors (Lipinski definition) is 1. The van der Waals surface area contributed by atoms with E-state index in [9.17, 15) is 9.18 Å². The van der Waals surface area contributed by atoms with Gasteiger partial charge in [0.25, 0.3) is 11.5 Å². The van der Waals surface area contributed by atoms with Gasteiger partial charge in [0.1, 0.15) is 12.4 Å². The van der Waals surface area contributed by atoms with Gasteiger partial charge in [-0.2, -0.15) is 0 Å². The van der Waals surface area contributed by atoms with E-state index in [1.807, 2.05) is 12.1 Å². The van der Waals surface area contributed by atoms with E-state index in [0.29, 0.717) is 35.6 Å². The Kier molecular flexibility index (Phi) is 3.45. The molecule has 0 spiro atoms. The summed E-state index contributed by atoms with van der Waals surface area (Å²) in [6, 6.07) is 12.9. The number of benzene rings is 2. The maximum absolute atomic E-state index is 12.9. The summed E-state index contributed by atoms with van der Waals surface area (Å²) in [6.45, 7) is 0.748. The van der Waals surface area contributed by atoms with Gasteiger partial charge in [-0.05, 0) is 36.4 Å². The van der Waals surface area contributed by atoms with Crippen LogP contribution in [0.1, 0.15) is 5.82 Å². The van der Waals surface area contributed by atoms with E-state index >= 15 is 0 Å². The lowest BCUT2D eigenvalue weighted by atomic mass is 10.2. The van der Waals surface area contributed by atoms with Crippen molar-refractivity contribution in [2.24, 2.45) is 5.10 Å². The Bertz CT molecular complexity index is 996. The summed E-state index contributed by atoms with van der Waals surface area (Å²) >= 11 is 0. The smallest absolute Gasteiger partial charge is 0.275 e. The molecule has 0 aliphatic carbocycles. The summed E-state index contributed by atoms with van der Waals surface area (Å²) in [7, 11) is 0. The molecule has 4 rings (SSSR count). The second-order valence-corrected chi connectivity index (χ2v) is 5.29. The maximum Gasteiger partial charge on any atom is 0.275 e. The van der Waals surface area contributed by atoms with Gasteiger partial charge in [0.15, 0.2) is 0 Å². The minimum Gasteiger partial charge on any atom is -0.472 e. The summed E-state index contributed by atoms with van der Waals surface area (Å²) in [5, 5.41) is 4.74. The van der Waals surface area contributed by atoms with Gasteiger partial charge in [0.05, 0.1) is 23.1 Å². The van der Waals surface area contributed by atoms with Crippen LogP contribution < -0.4 is 11.0 Å². The van der Waals surface area contributed by atoms with Crippen LogP contribution in [0.15, 0.2) is 58.4 Å². The molecule has 0 unspecified atom stereocenters. The minimum absolute atomic E-state index is 0.117. The van der Waals surface area contributed by atoms with Crippen molar-refractivity contribution in [3.63, 3.8) is 0 Å². The van der Waals surface area contributed by atoms with E-state index in [1.54, 1.807) is 28.8 Å². The lowest BCUT2D eigenvalue weighted by molar-refractivity contribution is 0.259. The maximum atomic E-state index is 12.9. The molecule has 2 aromatic carbocycles. The van der Waals surface area contributed by atoms with Crippen LogP contribution >= 0.6 is 0 Å². The Labute approximate surface area is 136 Å². The highest BCUT2D eigenvalue weighted by Gasteiger charge is 2.21. The fourth-order valence-corrected chi connectivity index (χ4v) is 2.56. The highest BCUT2D eigenvalue weighted by atomic mass is 19.1. The number of hydrogen-bond acceptors (Lipinski definition) is 5. The van der Waals surface area contributed by atoms with Gasteiger partial charge in [-0.15, -0.1) is 5.10 Å². The molecule has 0 saturated carbocycles. The highest BCUT2D eigenvalue weighted by molar-refractivity contribution is 5.93. The normalized spacial score (nSPS) is 15.1. The van der Waals surface area contributed by atoms with Crippen molar-refractivity contribution in [3.05, 3.63) is 70.5 Å². The van der Waals surface area contributed by atoms with Crippen LogP contribution in [-0.4, -0.2) is 22.1 Å². The second-order valence-electron chi connectivity index (χ2n) is 5.29. The molecule has 1 aliphatic heterocycles. The van der Waals surface area contributed by atoms with E-state index in [2.05, 4.69) is 15.5 Å². The molecular weight excluding hydrogens is 311 g/mol. The molecule has 1 aliphatic rings. The molecule has 120 valence electrons. The Morgan fingerprint density at radius 3 is 2.79 bits per heavy atom. The van der Waals surface area contributed by atoms with Crippen molar-refractivity contribution in [2.75, 3.05) is 12.0 Å². The van der Waals surface area contributed by atoms with Gasteiger partial charge < -0.3 is 4.74 Å². The quantitative estimate of drug-likeness (QED) is 0.735. The number of ether oxygens (including phenoxy) is 1. The summed E-state index contributed by atoms with van der Waals surface area (Å²) in [5.41, 5.74) is 3.87. The number of hydrazone groups is 1. The Balaban J connectivity index is 1.76. The van der Waals surface area contributed by atoms with Gasteiger partial charge >= 0.3 is 0 Å². The van der Waals surface area contributed by atoms with Crippen molar-refractivity contribution in [1.82, 2.24) is 9.55 Å². The van der Waals surface area contributed by atoms with E-state index in [4.69, 9.17) is 4.74 Å². The van der Waals surface area contributed by atoms with E-state index in [0.717, 1.165) is 0 Å². The molecule has 2 heterocycles. The SMILES string of the molecule is O=c1c2ccccc2nc2n1CCO/C2=N/Nc1ccc(F)cc1. The monoisotopic (exact) mass is 324 g/mol. The van der Waals surface area contributed by atoms with Gasteiger partial charge in [0, 0.05) is 0 Å². The molecule has 24 heavy (non-hydrogen) atoms. The predicted molar refractivity (Wildman–Crippen MR) is 88.5 cm³/mol. The zero-order valence-corrected chi connectivity index (χ0v) is 12.6. The Morgan fingerprint density at radius 2 is 1.96 bits per heavy atom. The van der Waals surface area contributed by atoms with Gasteiger partial charge in [-0.25, -0.2) is 9.37 Å². The average Bonchev–Trinajstić information content (AvgIpc) is 2.62. The van der Waals surface area contributed by atoms with Crippen molar-refractivity contribution in [2.45, 2.75) is 6.54 Å². The van der Waals surface area contributed by atoms with Gasteiger partial charge in [-0.1, -0.05) is 12.1 Å². The molecule has 7 heteroatoms. The van der Waals surface area contributed by atoms with Crippen molar-refractivity contribution in [3.8, 4) is 0 Å². The number of nitrogens with zero attached hydrogens (tertiary/aromatic N) is 3. The fourth-order valence-electron chi connectivity index (χ4n) is 2.56. The van der Waals surface area contributed by atoms with Crippen LogP contribution in [0.3, 0.4) is 0 Å². The largest absolute Gasteiger partial charge is 0.472 e. The molecule has 0 saturated heterocycles. The lowest BCUT2D eigenvalue weighted by Gasteiger charge is -2.20. The standard InChI is InChI=1S/C17H13FN4O2/c18-11-5-7-12(8-6-11)20-21-16-15-19-14-4-2-1-3-13(14)17(23)22(15)9-10-24-16/h1-8,20H,9-10H2/b21-16+. The van der Waals surface area contributed by atoms with E-state index in [1.165, 1.54) is 12.1 Å². The average molecular weight is 324 g/mol. The fraction of sp³-hybridized carbons (Fsp3) is 0.118. The first-order valence-corrected chi connectivity index (χ1v) is 7.44. The zero-order valence-electron chi connectivity index (χ0n) is 12.6. The number of nitrogens with one attached hydrogen (secondary N) is 1. The summed E-state index contributed by atoms with van der Waals surface area (Å²) in [5.74, 6) is 0.278. The van der Waals surface area contributed by atoms with Crippen molar-refractivity contribution >= 4 is 22.5 Å². The van der Waals surface area contributed by atoms with Crippen LogP contribution in [0.2, 0.25) is 0 Å². The summed E-state index contributed by atoms with van der Waals surface area (Å²) in [4.78, 5) is 17.1. The lowest BCUT2D eigenvalue weighted by Crippen LogP contribution is -2.35. The molecule has 0 bridgehead atoms. The first-order chi connectivity index (χ1) is 11.7. The molecule has 0 radical (unpaired) electrons. The van der Waals surface area contributed by atoms with Crippen molar-refractivity contribution in [1.29, 1.82) is 0 Å². The number of anilines is 1. The minimum atomic E-state index is -0.327. The third-order valence-electron chi connectivity index (χ3n) is 3.74. The van der Waals surface area contributed by atoms with Crippen LogP contribution in [0, 0.1) is 5.82 Å². The highest BCUT2D eigenvalue weighted by Crippen LogP contribution is 2.13. The zero-order chi connectivity index (χ0) is 16.5. The van der Waals surface area contributed by atoms with Crippen molar-refractivity contribution < 1.29 is 9.13 Å². The first kappa shape index (κ1) is 14.4. The van der Waals surface area contributed by atoms with Gasteiger partial charge in [-0.3, -0.25) is 14.8 Å². The van der Waals surface area contributed by atoms with Gasteiger partial charge in [0.2, 0.25) is 5.82 Å². The topological polar surface area (TPSA) is 68.5 Å². The molecular formula is C17H13FN4O2. The molecule has 1 aromatic heterocycles. The molecule has 0 atom stereocenters. The predicted octanol–water partition coefficient (Wildman–Crippen LogP) is 2.34. The molecule has 0 fully saturated rings. The molecule has 3 aromatic rings. The van der Waals surface area contributed by atoms with Crippen LogP contribution in [0.25, 0.3) is 10.9 Å². The molecule has 0 amide bonds. The number of fused-ring (bicyclic) bond motifs is 2. The molecule has 1 N–H and O–H groups in total. The van der Waals surface area contributed by atoms with Crippen LogP contribution in [-0.2, 0) is 11.3 Å². The first-order valence-electron chi connectivity index (χ1n) is 7.44. The third-order valence-corrected chi connectivity index (χ3v) is 3.74. The Hall–Kier alpha value is -3.22. The third kappa shape index (κ3) is 2.50. The summed E-state index contributed by atoms with van der Waals surface area (Å²) < 4.78 is 20.0. The number of rotatable bonds is 2. The summed E-state index contributed by atoms with van der Waals surface area (Å²) in [6.07, 6.45) is 0. The van der Waals surface area contributed by atoms with Crippen LogP contribution in [0.5, 0.6) is 0 Å². The molecule has 6 nitrogen and oxygen atoms in total. The number of para-hydroxylation sites is 1. The Morgan fingerprint density at radius 1 is 1.17 bits per heavy atom. The number of halogens is 1. The number of aromatic nitrogens is 2. The van der Waals surface area contributed by atoms with E-state index in [-0.39, 0.29) is 17.3 Å². The van der Waals surface area contributed by atoms with E-state index < -0.39 is 0 Å².